The second-order valence-electron chi connectivity index (χ2n) is 10.2. The third-order valence-corrected chi connectivity index (χ3v) is 7.76. The largest absolute Gasteiger partial charge is 0.504 e. The number of nitrogens with zero attached hydrogens (tertiary/aromatic N) is 5. The quantitative estimate of drug-likeness (QED) is 0.233. The zero-order chi connectivity index (χ0) is 30.6. The molecule has 3 aromatic heterocycles. The van der Waals surface area contributed by atoms with Crippen LogP contribution in [-0.4, -0.2) is 68.5 Å². The lowest BCUT2D eigenvalue weighted by atomic mass is 10.0. The molecule has 2 aliphatic rings. The maximum absolute atomic E-state index is 14.7. The van der Waals surface area contributed by atoms with Crippen molar-refractivity contribution in [3.05, 3.63) is 51.5 Å². The zero-order valence-electron chi connectivity index (χ0n) is 23.0. The summed E-state index contributed by atoms with van der Waals surface area (Å²) in [5, 5.41) is 16.2. The van der Waals surface area contributed by atoms with Crippen LogP contribution < -0.4 is 36.3 Å². The number of primary amides is 1. The molecular weight excluding hydrogens is 587 g/mol. The number of fused-ring (bicyclic) bond motifs is 2. The second kappa shape index (κ2) is 10.7. The molecule has 14 nitrogen and oxygen atoms in total. The molecule has 0 saturated carbocycles. The number of hydrogen-bond acceptors (Lipinski definition) is 10. The first kappa shape index (κ1) is 28.2. The van der Waals surface area contributed by atoms with Gasteiger partial charge in [0.2, 0.25) is 24.4 Å². The predicted octanol–water partition coefficient (Wildman–Crippen LogP) is 1.56. The van der Waals surface area contributed by atoms with E-state index in [-0.39, 0.29) is 69.3 Å². The third-order valence-electron chi connectivity index (χ3n) is 7.40. The number of amides is 2. The molecule has 224 valence electrons. The van der Waals surface area contributed by atoms with E-state index in [9.17, 15) is 23.9 Å². The van der Waals surface area contributed by atoms with Crippen molar-refractivity contribution < 1.29 is 28.6 Å². The van der Waals surface area contributed by atoms with Gasteiger partial charge in [0.25, 0.3) is 11.5 Å². The average Bonchev–Trinajstić information content (AvgIpc) is 3.60. The molecule has 0 aliphatic carbocycles. The Bertz CT molecular complexity index is 1870. The standard InChI is InChI=1S/C27H26ClFN8O6/c1-12-7-31-3-4-37(12)17-6-16(20(28)24(29)34-17)33-18(38)9-36-8-15(19-26(36)32-10-35(2)27(19)41)13-5-14(25(30)40)21(39)23-22(13)42-11-43-23/h5-6,8,10,12,31,39H,3-4,7,9,11H2,1-2H3,(H2,30,40)(H,33,34,38)/t12-/m0/s1. The Morgan fingerprint density at radius 1 is 1.28 bits per heavy atom. The van der Waals surface area contributed by atoms with Gasteiger partial charge >= 0.3 is 0 Å². The fraction of sp³-hybridized carbons (Fsp3) is 0.296. The number of ether oxygens (including phenoxy) is 2. The van der Waals surface area contributed by atoms with Gasteiger partial charge in [-0.25, -0.2) is 9.97 Å². The number of rotatable bonds is 6. The SMILES string of the molecule is C[C@H]1CNCCN1c1cc(NC(=O)Cn2cc(-c3cc(C(N)=O)c(O)c4c3OCO4)c3c(=O)n(C)cnc32)c(Cl)c(F)n1. The smallest absolute Gasteiger partial charge is 0.263 e. The molecule has 16 heteroatoms. The molecule has 0 radical (unpaired) electrons. The summed E-state index contributed by atoms with van der Waals surface area (Å²) in [6.07, 6.45) is 2.79. The normalized spacial score (nSPS) is 16.1. The number of nitrogens with two attached hydrogens (primary N) is 1. The van der Waals surface area contributed by atoms with Crippen LogP contribution in [0.15, 0.2) is 29.5 Å². The minimum absolute atomic E-state index is 0.0356. The van der Waals surface area contributed by atoms with E-state index < -0.39 is 29.1 Å². The van der Waals surface area contributed by atoms with Gasteiger partial charge in [0.05, 0.1) is 23.0 Å². The molecule has 2 aliphatic heterocycles. The maximum Gasteiger partial charge on any atom is 0.263 e. The van der Waals surface area contributed by atoms with Crippen LogP contribution >= 0.6 is 11.6 Å². The van der Waals surface area contributed by atoms with Crippen LogP contribution in [0.5, 0.6) is 17.2 Å². The number of phenols is 1. The molecule has 5 heterocycles. The maximum atomic E-state index is 14.7. The van der Waals surface area contributed by atoms with E-state index >= 15 is 0 Å². The number of carbonyl (C=O) groups excluding carboxylic acids is 2. The first-order chi connectivity index (χ1) is 20.5. The number of halogens is 2. The summed E-state index contributed by atoms with van der Waals surface area (Å²) in [6, 6.07) is 2.84. The van der Waals surface area contributed by atoms with Gasteiger partial charge in [-0.2, -0.15) is 4.39 Å². The molecule has 6 rings (SSSR count). The van der Waals surface area contributed by atoms with Crippen LogP contribution in [0.3, 0.4) is 0 Å². The van der Waals surface area contributed by atoms with Crippen LogP contribution in [0.4, 0.5) is 15.9 Å². The van der Waals surface area contributed by atoms with Crippen molar-refractivity contribution in [3.63, 3.8) is 0 Å². The van der Waals surface area contributed by atoms with E-state index in [0.717, 1.165) is 0 Å². The fourth-order valence-electron chi connectivity index (χ4n) is 5.28. The third kappa shape index (κ3) is 4.85. The number of nitrogens with one attached hydrogen (secondary N) is 2. The van der Waals surface area contributed by atoms with Gasteiger partial charge < -0.3 is 45.0 Å². The molecule has 1 aromatic carbocycles. The van der Waals surface area contributed by atoms with E-state index in [1.165, 1.54) is 40.8 Å². The number of aryl methyl sites for hydroxylation is 1. The summed E-state index contributed by atoms with van der Waals surface area (Å²) in [5.74, 6) is -2.62. The van der Waals surface area contributed by atoms with E-state index in [1.54, 1.807) is 0 Å². The summed E-state index contributed by atoms with van der Waals surface area (Å²) in [7, 11) is 1.51. The van der Waals surface area contributed by atoms with E-state index in [1.807, 2.05) is 11.8 Å². The molecule has 2 amide bonds. The zero-order valence-corrected chi connectivity index (χ0v) is 23.7. The lowest BCUT2D eigenvalue weighted by Crippen LogP contribution is -2.50. The average molecular weight is 613 g/mol. The molecule has 1 fully saturated rings. The molecule has 0 unspecified atom stereocenters. The number of aromatic nitrogens is 4. The molecule has 5 N–H and O–H groups in total. The lowest BCUT2D eigenvalue weighted by molar-refractivity contribution is -0.116. The van der Waals surface area contributed by atoms with Crippen LogP contribution in [-0.2, 0) is 18.4 Å². The number of benzene rings is 1. The molecule has 0 spiro atoms. The first-order valence-electron chi connectivity index (χ1n) is 13.2. The minimum atomic E-state index is -0.928. The van der Waals surface area contributed by atoms with Gasteiger partial charge in [0.1, 0.15) is 23.0 Å². The van der Waals surface area contributed by atoms with Crippen molar-refractivity contribution in [1.82, 2.24) is 24.4 Å². The highest BCUT2D eigenvalue weighted by Gasteiger charge is 2.30. The van der Waals surface area contributed by atoms with Crippen molar-refractivity contribution in [3.8, 4) is 28.4 Å². The van der Waals surface area contributed by atoms with E-state index in [4.69, 9.17) is 26.8 Å². The van der Waals surface area contributed by atoms with Gasteiger partial charge in [0, 0.05) is 56.1 Å². The number of piperazine rings is 1. The van der Waals surface area contributed by atoms with Crippen molar-refractivity contribution in [2.75, 3.05) is 36.6 Å². The monoisotopic (exact) mass is 612 g/mol. The minimum Gasteiger partial charge on any atom is -0.504 e. The van der Waals surface area contributed by atoms with Crippen molar-refractivity contribution in [2.24, 2.45) is 12.8 Å². The highest BCUT2D eigenvalue weighted by atomic mass is 35.5. The highest BCUT2D eigenvalue weighted by molar-refractivity contribution is 6.33. The topological polar surface area (TPSA) is 179 Å². The molecule has 4 aromatic rings. The van der Waals surface area contributed by atoms with Crippen molar-refractivity contribution in [1.29, 1.82) is 0 Å². The Morgan fingerprint density at radius 3 is 2.79 bits per heavy atom. The highest BCUT2D eigenvalue weighted by Crippen LogP contribution is 2.50. The Balaban J connectivity index is 1.40. The number of anilines is 2. The number of carbonyl (C=O) groups is 2. The summed E-state index contributed by atoms with van der Waals surface area (Å²) >= 11 is 6.18. The van der Waals surface area contributed by atoms with Crippen LogP contribution in [0.2, 0.25) is 5.02 Å². The first-order valence-corrected chi connectivity index (χ1v) is 13.6. The Kier molecular flexibility index (Phi) is 7.06. The van der Waals surface area contributed by atoms with E-state index in [0.29, 0.717) is 25.5 Å². The number of aromatic hydroxyl groups is 1. The lowest BCUT2D eigenvalue weighted by Gasteiger charge is -2.35. The Hall–Kier alpha value is -4.89. The molecule has 43 heavy (non-hydrogen) atoms. The Morgan fingerprint density at radius 2 is 2.05 bits per heavy atom. The van der Waals surface area contributed by atoms with Gasteiger partial charge in [-0.1, -0.05) is 11.6 Å². The molecule has 0 bridgehead atoms. The van der Waals surface area contributed by atoms with Gasteiger partial charge in [-0.05, 0) is 13.0 Å². The molecular formula is C27H26ClFN8O6. The Labute approximate surface area is 247 Å². The summed E-state index contributed by atoms with van der Waals surface area (Å²) in [4.78, 5) is 49.0. The predicted molar refractivity (Wildman–Crippen MR) is 154 cm³/mol. The fourth-order valence-corrected chi connectivity index (χ4v) is 5.43. The summed E-state index contributed by atoms with van der Waals surface area (Å²) < 4.78 is 28.3. The van der Waals surface area contributed by atoms with Gasteiger partial charge in [-0.3, -0.25) is 14.4 Å². The molecule has 1 saturated heterocycles. The van der Waals surface area contributed by atoms with E-state index in [2.05, 4.69) is 20.6 Å². The van der Waals surface area contributed by atoms with Crippen molar-refractivity contribution in [2.45, 2.75) is 19.5 Å². The summed E-state index contributed by atoms with van der Waals surface area (Å²) in [5.41, 5.74) is 5.44. The molecule has 1 atom stereocenters. The summed E-state index contributed by atoms with van der Waals surface area (Å²) in [6.45, 7) is 3.34. The number of hydrogen-bond donors (Lipinski definition) is 4. The van der Waals surface area contributed by atoms with Gasteiger partial charge in [0.15, 0.2) is 11.5 Å². The second-order valence-corrected chi connectivity index (χ2v) is 10.6. The van der Waals surface area contributed by atoms with Crippen molar-refractivity contribution >= 4 is 46.0 Å². The van der Waals surface area contributed by atoms with Gasteiger partial charge in [-0.15, -0.1) is 0 Å². The van der Waals surface area contributed by atoms with Crippen LogP contribution in [0, 0.1) is 5.95 Å². The number of pyridine rings is 1. The van der Waals surface area contributed by atoms with Crippen LogP contribution in [0.25, 0.3) is 22.2 Å². The van der Waals surface area contributed by atoms with Crippen LogP contribution in [0.1, 0.15) is 17.3 Å².